The van der Waals surface area contributed by atoms with E-state index in [1.807, 2.05) is 36.4 Å². The van der Waals surface area contributed by atoms with Crippen LogP contribution in [-0.4, -0.2) is 61.1 Å². The van der Waals surface area contributed by atoms with Crippen molar-refractivity contribution in [2.24, 2.45) is 0 Å². The van der Waals surface area contributed by atoms with Crippen molar-refractivity contribution in [3.8, 4) is 17.0 Å². The summed E-state index contributed by atoms with van der Waals surface area (Å²) in [4.78, 5) is 14.6. The van der Waals surface area contributed by atoms with Crippen molar-refractivity contribution >= 4 is 28.4 Å². The Morgan fingerprint density at radius 1 is 1.11 bits per heavy atom. The molecule has 1 saturated carbocycles. The van der Waals surface area contributed by atoms with Crippen molar-refractivity contribution in [3.63, 3.8) is 0 Å². The summed E-state index contributed by atoms with van der Waals surface area (Å²) in [7, 11) is 0. The fourth-order valence-electron chi connectivity index (χ4n) is 5.41. The molecule has 0 atom stereocenters. The molecule has 1 aliphatic carbocycles. The minimum atomic E-state index is -0.390. The molecule has 37 heavy (non-hydrogen) atoms. The number of fused-ring (bicyclic) bond motifs is 1. The van der Waals surface area contributed by atoms with Crippen LogP contribution >= 0.6 is 0 Å². The van der Waals surface area contributed by atoms with Crippen LogP contribution < -0.4 is 15.8 Å². The molecule has 8 nitrogen and oxygen atoms in total. The van der Waals surface area contributed by atoms with Crippen LogP contribution in [0.3, 0.4) is 0 Å². The highest BCUT2D eigenvalue weighted by molar-refractivity contribution is 6.01. The number of amides is 1. The van der Waals surface area contributed by atoms with E-state index in [-0.39, 0.29) is 12.2 Å². The fourth-order valence-corrected chi connectivity index (χ4v) is 5.41. The molecule has 0 radical (unpaired) electrons. The van der Waals surface area contributed by atoms with Gasteiger partial charge in [0.25, 0.3) is 0 Å². The van der Waals surface area contributed by atoms with Gasteiger partial charge >= 0.3 is 6.09 Å². The molecule has 1 amide bonds. The van der Waals surface area contributed by atoms with Gasteiger partial charge in [0, 0.05) is 42.8 Å². The van der Waals surface area contributed by atoms with Gasteiger partial charge in [-0.1, -0.05) is 12.1 Å². The summed E-state index contributed by atoms with van der Waals surface area (Å²) in [5.41, 5.74) is 11.2. The van der Waals surface area contributed by atoms with Gasteiger partial charge in [0.1, 0.15) is 11.9 Å². The molecular formula is C29H38N4O4. The molecule has 198 valence electrons. The minimum absolute atomic E-state index is 0.0398. The van der Waals surface area contributed by atoms with E-state index in [1.165, 1.54) is 0 Å². The Bertz CT molecular complexity index is 1190. The van der Waals surface area contributed by atoms with Crippen molar-refractivity contribution in [2.75, 3.05) is 50.5 Å². The van der Waals surface area contributed by atoms with Crippen LogP contribution in [0.1, 0.15) is 39.0 Å². The molecule has 1 aromatic heterocycles. The number of nitrogens with two attached hydrogens (primary N) is 1. The Morgan fingerprint density at radius 2 is 1.86 bits per heavy atom. The van der Waals surface area contributed by atoms with Gasteiger partial charge in [0.05, 0.1) is 36.7 Å². The molecule has 1 aliphatic heterocycles. The molecule has 0 spiro atoms. The van der Waals surface area contributed by atoms with Gasteiger partial charge < -0.3 is 24.5 Å². The number of nitrogens with one attached hydrogen (secondary N) is 1. The highest BCUT2D eigenvalue weighted by atomic mass is 16.6. The summed E-state index contributed by atoms with van der Waals surface area (Å²) in [5, 5.41) is 3.84. The highest BCUT2D eigenvalue weighted by Gasteiger charge is 2.20. The molecular weight excluding hydrogens is 468 g/mol. The minimum Gasteiger partial charge on any atom is -0.494 e. The first-order valence-corrected chi connectivity index (χ1v) is 13.5. The molecule has 2 heterocycles. The maximum Gasteiger partial charge on any atom is 0.411 e. The van der Waals surface area contributed by atoms with Gasteiger partial charge in [0.2, 0.25) is 0 Å². The maximum atomic E-state index is 12.2. The summed E-state index contributed by atoms with van der Waals surface area (Å²) in [6.07, 6.45) is 4.79. The largest absolute Gasteiger partial charge is 0.494 e. The van der Waals surface area contributed by atoms with Crippen LogP contribution in [0.4, 0.5) is 16.2 Å². The average molecular weight is 507 g/mol. The number of aromatic nitrogens is 1. The number of ether oxygens (including phenoxy) is 3. The third-order valence-electron chi connectivity index (χ3n) is 7.36. The quantitative estimate of drug-likeness (QED) is 0.372. The van der Waals surface area contributed by atoms with E-state index in [9.17, 15) is 4.79 Å². The average Bonchev–Trinajstić information content (AvgIpc) is 3.53. The number of hydrogen-bond acceptors (Lipinski definition) is 6. The van der Waals surface area contributed by atoms with Crippen LogP contribution in [0.25, 0.3) is 22.2 Å². The Labute approximate surface area is 218 Å². The lowest BCUT2D eigenvalue weighted by Gasteiger charge is -2.26. The third-order valence-corrected chi connectivity index (χ3v) is 7.36. The molecule has 2 aromatic carbocycles. The fraction of sp³-hybridized carbons (Fsp3) is 0.483. The zero-order chi connectivity index (χ0) is 25.6. The van der Waals surface area contributed by atoms with E-state index in [0.717, 1.165) is 105 Å². The zero-order valence-corrected chi connectivity index (χ0v) is 21.7. The number of aryl methyl sites for hydroxylation is 1. The number of nitrogen functional groups attached to an aromatic ring is 1. The monoisotopic (exact) mass is 506 g/mol. The standard InChI is InChI=1S/C29H38N4O4/c1-2-33-26-13-12-24(36-17-5-14-32-15-18-35-19-16-32)20-25(26)27(30)28(33)21-8-10-22(11-9-21)31-29(34)37-23-6-3-4-7-23/h8-13,20,23H,2-7,14-19,30H2,1H3,(H,31,34). The lowest BCUT2D eigenvalue weighted by atomic mass is 10.1. The van der Waals surface area contributed by atoms with Crippen LogP contribution in [0.15, 0.2) is 42.5 Å². The lowest BCUT2D eigenvalue weighted by Crippen LogP contribution is -2.37. The summed E-state index contributed by atoms with van der Waals surface area (Å²) >= 11 is 0. The van der Waals surface area contributed by atoms with Crippen LogP contribution in [0.5, 0.6) is 5.75 Å². The summed E-state index contributed by atoms with van der Waals surface area (Å²) in [6.45, 7) is 8.23. The lowest BCUT2D eigenvalue weighted by molar-refractivity contribution is 0.0358. The second-order valence-corrected chi connectivity index (χ2v) is 9.86. The normalized spacial score (nSPS) is 16.8. The molecule has 8 heteroatoms. The molecule has 2 aliphatic rings. The van der Waals surface area contributed by atoms with Crippen LogP contribution in [0, 0.1) is 0 Å². The topological polar surface area (TPSA) is 91.0 Å². The van der Waals surface area contributed by atoms with Gasteiger partial charge in [0.15, 0.2) is 0 Å². The number of benzene rings is 2. The number of carbonyl (C=O) groups excluding carboxylic acids is 1. The Balaban J connectivity index is 1.26. The van der Waals surface area contributed by atoms with Crippen molar-refractivity contribution in [1.29, 1.82) is 0 Å². The Morgan fingerprint density at radius 3 is 2.59 bits per heavy atom. The van der Waals surface area contributed by atoms with Gasteiger partial charge in [-0.2, -0.15) is 0 Å². The number of rotatable bonds is 9. The number of anilines is 2. The summed E-state index contributed by atoms with van der Waals surface area (Å²) in [5.74, 6) is 0.835. The molecule has 1 saturated heterocycles. The predicted octanol–water partition coefficient (Wildman–Crippen LogP) is 5.50. The van der Waals surface area contributed by atoms with E-state index in [4.69, 9.17) is 19.9 Å². The van der Waals surface area contributed by atoms with E-state index in [2.05, 4.69) is 27.8 Å². The van der Waals surface area contributed by atoms with Gasteiger partial charge in [-0.25, -0.2) is 4.79 Å². The molecule has 2 fully saturated rings. The van der Waals surface area contributed by atoms with Crippen LogP contribution in [0.2, 0.25) is 0 Å². The SMILES string of the molecule is CCn1c(-c2ccc(NC(=O)OC3CCCC3)cc2)c(N)c2cc(OCCCN3CCOCC3)ccc21. The van der Waals surface area contributed by atoms with Crippen molar-refractivity contribution in [1.82, 2.24) is 9.47 Å². The smallest absolute Gasteiger partial charge is 0.411 e. The van der Waals surface area contributed by atoms with Gasteiger partial charge in [-0.3, -0.25) is 10.2 Å². The molecule has 0 unspecified atom stereocenters. The molecule has 3 N–H and O–H groups in total. The predicted molar refractivity (Wildman–Crippen MR) is 147 cm³/mol. The van der Waals surface area contributed by atoms with E-state index >= 15 is 0 Å². The molecule has 0 bridgehead atoms. The van der Waals surface area contributed by atoms with E-state index in [0.29, 0.717) is 12.3 Å². The highest BCUT2D eigenvalue weighted by Crippen LogP contribution is 2.38. The van der Waals surface area contributed by atoms with E-state index in [1.54, 1.807) is 0 Å². The number of nitrogens with zero attached hydrogens (tertiary/aromatic N) is 2. The first kappa shape index (κ1) is 25.4. The first-order valence-electron chi connectivity index (χ1n) is 13.5. The van der Waals surface area contributed by atoms with Gasteiger partial charge in [-0.15, -0.1) is 0 Å². The summed E-state index contributed by atoms with van der Waals surface area (Å²) in [6, 6.07) is 13.9. The van der Waals surface area contributed by atoms with Crippen molar-refractivity contribution < 1.29 is 19.0 Å². The van der Waals surface area contributed by atoms with E-state index < -0.39 is 0 Å². The van der Waals surface area contributed by atoms with Crippen LogP contribution in [-0.2, 0) is 16.0 Å². The Kier molecular flexibility index (Phi) is 8.16. The molecule has 5 rings (SSSR count). The first-order chi connectivity index (χ1) is 18.1. The number of morpholine rings is 1. The number of hydrogen-bond donors (Lipinski definition) is 2. The van der Waals surface area contributed by atoms with Gasteiger partial charge in [-0.05, 0) is 69.4 Å². The number of carbonyl (C=O) groups is 1. The second kappa shape index (κ2) is 11.9. The van der Waals surface area contributed by atoms with Crippen molar-refractivity contribution in [2.45, 2.75) is 51.7 Å². The van der Waals surface area contributed by atoms with Crippen molar-refractivity contribution in [3.05, 3.63) is 42.5 Å². The molecule has 3 aromatic rings. The Hall–Kier alpha value is -3.23. The summed E-state index contributed by atoms with van der Waals surface area (Å²) < 4.78 is 19.2. The zero-order valence-electron chi connectivity index (χ0n) is 21.7. The third kappa shape index (κ3) is 6.02. The maximum absolute atomic E-state index is 12.2. The second-order valence-electron chi connectivity index (χ2n) is 9.86.